The molecule has 1 amide bonds. The number of morpholine rings is 1. The Hall–Kier alpha value is -2.18. The van der Waals surface area contributed by atoms with E-state index in [-0.39, 0.29) is 12.5 Å². The summed E-state index contributed by atoms with van der Waals surface area (Å²) in [7, 11) is 1.33. The van der Waals surface area contributed by atoms with Gasteiger partial charge in [-0.25, -0.2) is 0 Å². The van der Waals surface area contributed by atoms with Gasteiger partial charge < -0.3 is 14.4 Å². The van der Waals surface area contributed by atoms with E-state index in [9.17, 15) is 9.59 Å². The molecule has 0 saturated carbocycles. The third kappa shape index (κ3) is 6.68. The maximum Gasteiger partial charge on any atom is 0.325 e. The number of ether oxygens (including phenoxy) is 2. The van der Waals surface area contributed by atoms with Crippen LogP contribution >= 0.6 is 0 Å². The van der Waals surface area contributed by atoms with E-state index < -0.39 is 5.97 Å². The lowest BCUT2D eigenvalue weighted by Gasteiger charge is -2.29. The normalized spacial score (nSPS) is 15.3. The molecule has 0 N–H and O–H groups in total. The Morgan fingerprint density at radius 1 is 1.32 bits per heavy atom. The molecule has 1 aliphatic heterocycles. The molecule has 1 aromatic carbocycles. The Labute approximate surface area is 149 Å². The van der Waals surface area contributed by atoms with Crippen molar-refractivity contribution < 1.29 is 19.1 Å². The van der Waals surface area contributed by atoms with E-state index in [1.165, 1.54) is 18.1 Å². The molecule has 0 unspecified atom stereocenters. The van der Waals surface area contributed by atoms with Crippen LogP contribution < -0.4 is 0 Å². The molecule has 1 aromatic rings. The van der Waals surface area contributed by atoms with E-state index in [2.05, 4.69) is 4.90 Å². The number of aryl methyl sites for hydroxylation is 1. The van der Waals surface area contributed by atoms with Crippen molar-refractivity contribution in [2.75, 3.05) is 53.0 Å². The zero-order valence-corrected chi connectivity index (χ0v) is 14.9. The minimum absolute atomic E-state index is 0.0438. The smallest absolute Gasteiger partial charge is 0.325 e. The van der Waals surface area contributed by atoms with Crippen molar-refractivity contribution in [2.24, 2.45) is 0 Å². The molecule has 1 saturated heterocycles. The molecule has 25 heavy (non-hydrogen) atoms. The Balaban J connectivity index is 1.97. The van der Waals surface area contributed by atoms with Crippen molar-refractivity contribution in [3.8, 4) is 0 Å². The zero-order valence-electron chi connectivity index (χ0n) is 14.9. The first kappa shape index (κ1) is 19.1. The van der Waals surface area contributed by atoms with E-state index in [1.54, 1.807) is 6.08 Å². The number of hydrogen-bond acceptors (Lipinski definition) is 5. The van der Waals surface area contributed by atoms with Gasteiger partial charge in [0, 0.05) is 32.3 Å². The van der Waals surface area contributed by atoms with Gasteiger partial charge in [0.1, 0.15) is 6.54 Å². The monoisotopic (exact) mass is 346 g/mol. The highest BCUT2D eigenvalue weighted by atomic mass is 16.5. The fourth-order valence-electron chi connectivity index (χ4n) is 2.62. The molecule has 0 radical (unpaired) electrons. The quantitative estimate of drug-likeness (QED) is 0.551. The van der Waals surface area contributed by atoms with Gasteiger partial charge in [0.15, 0.2) is 0 Å². The van der Waals surface area contributed by atoms with E-state index in [4.69, 9.17) is 9.47 Å². The van der Waals surface area contributed by atoms with Crippen molar-refractivity contribution in [1.82, 2.24) is 9.80 Å². The molecule has 1 fully saturated rings. The number of benzene rings is 1. The van der Waals surface area contributed by atoms with Gasteiger partial charge in [-0.1, -0.05) is 29.8 Å². The van der Waals surface area contributed by atoms with Gasteiger partial charge in [-0.3, -0.25) is 14.5 Å². The van der Waals surface area contributed by atoms with E-state index in [0.717, 1.165) is 24.2 Å². The van der Waals surface area contributed by atoms with Crippen molar-refractivity contribution in [1.29, 1.82) is 0 Å². The van der Waals surface area contributed by atoms with Crippen LogP contribution in [0.4, 0.5) is 0 Å². The Morgan fingerprint density at radius 2 is 2.08 bits per heavy atom. The van der Waals surface area contributed by atoms with Gasteiger partial charge in [-0.2, -0.15) is 0 Å². The van der Waals surface area contributed by atoms with Crippen LogP contribution in [0.25, 0.3) is 6.08 Å². The van der Waals surface area contributed by atoms with Crippen LogP contribution in [0.15, 0.2) is 30.3 Å². The highest BCUT2D eigenvalue weighted by Crippen LogP contribution is 2.07. The highest BCUT2D eigenvalue weighted by molar-refractivity contribution is 5.93. The summed E-state index contributed by atoms with van der Waals surface area (Å²) in [5.74, 6) is -0.612. The number of nitrogens with zero attached hydrogens (tertiary/aromatic N) is 2. The second-order valence-corrected chi connectivity index (χ2v) is 6.04. The second kappa shape index (κ2) is 9.96. The number of methoxy groups -OCH3 is 1. The minimum Gasteiger partial charge on any atom is -0.468 e. The van der Waals surface area contributed by atoms with Gasteiger partial charge in [-0.15, -0.1) is 0 Å². The van der Waals surface area contributed by atoms with Crippen LogP contribution in [-0.2, 0) is 19.1 Å². The first-order valence-electron chi connectivity index (χ1n) is 8.49. The fourth-order valence-corrected chi connectivity index (χ4v) is 2.62. The standard InChI is InChI=1S/C19H26N2O4/c1-16-4-3-5-17(14-16)6-7-18(22)21(15-19(23)24-2)9-8-20-10-12-25-13-11-20/h3-7,14H,8-13,15H2,1-2H3/b7-6-. The summed E-state index contributed by atoms with van der Waals surface area (Å²) in [6.07, 6.45) is 3.28. The number of amides is 1. The molecule has 136 valence electrons. The Kier molecular flexibility index (Phi) is 7.63. The Bertz CT molecular complexity index is 609. The lowest BCUT2D eigenvalue weighted by molar-refractivity contribution is -0.145. The van der Waals surface area contributed by atoms with Gasteiger partial charge >= 0.3 is 5.97 Å². The van der Waals surface area contributed by atoms with Crippen LogP contribution in [0.5, 0.6) is 0 Å². The van der Waals surface area contributed by atoms with Gasteiger partial charge in [0.2, 0.25) is 5.91 Å². The average molecular weight is 346 g/mol. The third-order valence-corrected chi connectivity index (χ3v) is 4.11. The lowest BCUT2D eigenvalue weighted by Crippen LogP contribution is -2.44. The van der Waals surface area contributed by atoms with Crippen molar-refractivity contribution in [2.45, 2.75) is 6.92 Å². The van der Waals surface area contributed by atoms with Gasteiger partial charge in [0.25, 0.3) is 0 Å². The fraction of sp³-hybridized carbons (Fsp3) is 0.474. The molecule has 1 heterocycles. The maximum absolute atomic E-state index is 12.5. The van der Waals surface area contributed by atoms with Crippen LogP contribution in [0.3, 0.4) is 0 Å². The van der Waals surface area contributed by atoms with E-state index >= 15 is 0 Å². The van der Waals surface area contributed by atoms with Crippen molar-refractivity contribution in [3.63, 3.8) is 0 Å². The average Bonchev–Trinajstić information content (AvgIpc) is 2.63. The van der Waals surface area contributed by atoms with Crippen LogP contribution in [0.2, 0.25) is 0 Å². The summed E-state index contributed by atoms with van der Waals surface area (Å²) in [4.78, 5) is 27.9. The first-order valence-corrected chi connectivity index (χ1v) is 8.49. The van der Waals surface area contributed by atoms with Crippen LogP contribution in [0, 0.1) is 6.92 Å². The highest BCUT2D eigenvalue weighted by Gasteiger charge is 2.18. The number of rotatable bonds is 7. The lowest BCUT2D eigenvalue weighted by atomic mass is 10.1. The van der Waals surface area contributed by atoms with E-state index in [0.29, 0.717) is 26.3 Å². The van der Waals surface area contributed by atoms with Crippen LogP contribution in [-0.4, -0.2) is 74.7 Å². The summed E-state index contributed by atoms with van der Waals surface area (Å²) >= 11 is 0. The number of hydrogen-bond donors (Lipinski definition) is 0. The largest absolute Gasteiger partial charge is 0.468 e. The molecule has 0 bridgehead atoms. The minimum atomic E-state index is -0.417. The third-order valence-electron chi connectivity index (χ3n) is 4.11. The van der Waals surface area contributed by atoms with Crippen molar-refractivity contribution >= 4 is 18.0 Å². The summed E-state index contributed by atoms with van der Waals surface area (Å²) < 4.78 is 10.0. The zero-order chi connectivity index (χ0) is 18.1. The topological polar surface area (TPSA) is 59.1 Å². The molecule has 0 aliphatic carbocycles. The molecule has 1 aliphatic rings. The summed E-state index contributed by atoms with van der Waals surface area (Å²) in [5.41, 5.74) is 2.09. The Morgan fingerprint density at radius 3 is 2.76 bits per heavy atom. The molecular weight excluding hydrogens is 320 g/mol. The SMILES string of the molecule is COC(=O)CN(CCN1CCOCC1)C(=O)/C=C\c1cccc(C)c1. The summed E-state index contributed by atoms with van der Waals surface area (Å²) in [6, 6.07) is 7.90. The summed E-state index contributed by atoms with van der Waals surface area (Å²) in [5, 5.41) is 0. The predicted molar refractivity (Wildman–Crippen MR) is 96.1 cm³/mol. The van der Waals surface area contributed by atoms with Crippen LogP contribution in [0.1, 0.15) is 11.1 Å². The molecular formula is C19H26N2O4. The molecule has 2 rings (SSSR count). The molecule has 0 atom stereocenters. The second-order valence-electron chi connectivity index (χ2n) is 6.04. The van der Waals surface area contributed by atoms with E-state index in [1.807, 2.05) is 31.2 Å². The predicted octanol–water partition coefficient (Wildman–Crippen LogP) is 1.34. The van der Waals surface area contributed by atoms with Gasteiger partial charge in [0.05, 0.1) is 20.3 Å². The molecule has 0 aromatic heterocycles. The maximum atomic E-state index is 12.5. The van der Waals surface area contributed by atoms with Gasteiger partial charge in [-0.05, 0) is 18.6 Å². The number of esters is 1. The number of carbonyl (C=O) groups is 2. The molecule has 6 nitrogen and oxygen atoms in total. The number of carbonyl (C=O) groups excluding carboxylic acids is 2. The summed E-state index contributed by atoms with van der Waals surface area (Å²) in [6.45, 7) is 6.26. The first-order chi connectivity index (χ1) is 12.1. The molecule has 0 spiro atoms. The molecule has 6 heteroatoms. The van der Waals surface area contributed by atoms with Crippen molar-refractivity contribution in [3.05, 3.63) is 41.5 Å².